The lowest BCUT2D eigenvalue weighted by molar-refractivity contribution is 0.352. The van der Waals surface area contributed by atoms with E-state index in [1.54, 1.807) is 0 Å². The highest BCUT2D eigenvalue weighted by Gasteiger charge is 2.14. The Kier molecular flexibility index (Phi) is 9.18. The first-order valence-electron chi connectivity index (χ1n) is 7.45. The molecule has 7 nitrogen and oxygen atoms in total. The van der Waals surface area contributed by atoms with Gasteiger partial charge < -0.3 is 4.74 Å². The van der Waals surface area contributed by atoms with E-state index < -0.39 is 19.2 Å². The third-order valence-electron chi connectivity index (χ3n) is 2.92. The number of aromatic nitrogens is 6. The maximum Gasteiger partial charge on any atom is 0.321 e. The van der Waals surface area contributed by atoms with Gasteiger partial charge in [-0.2, -0.15) is 9.97 Å². The monoisotopic (exact) mass is 608 g/mol. The molecule has 2 heterocycles. The van der Waals surface area contributed by atoms with Gasteiger partial charge in [0.2, 0.25) is 9.47 Å². The van der Waals surface area contributed by atoms with E-state index in [9.17, 15) is 13.2 Å². The minimum absolute atomic E-state index is 0.0132. The fraction of sp³-hybridized carbons (Fsp3) is 0.286. The Balaban J connectivity index is 0.000000237. The molecule has 3 rings (SSSR count). The third kappa shape index (κ3) is 6.42. The van der Waals surface area contributed by atoms with Gasteiger partial charge in [0.1, 0.15) is 13.3 Å². The van der Waals surface area contributed by atoms with Crippen molar-refractivity contribution in [2.75, 3.05) is 13.3 Å². The molecule has 3 aromatic rings. The van der Waals surface area contributed by atoms with Gasteiger partial charge >= 0.3 is 6.01 Å². The van der Waals surface area contributed by atoms with Crippen molar-refractivity contribution in [1.82, 2.24) is 29.5 Å². The van der Waals surface area contributed by atoms with Gasteiger partial charge in [-0.15, -0.1) is 10.2 Å². The van der Waals surface area contributed by atoms with Crippen LogP contribution in [0.3, 0.4) is 0 Å². The van der Waals surface area contributed by atoms with Crippen LogP contribution < -0.4 is 4.74 Å². The van der Waals surface area contributed by atoms with Crippen LogP contribution in [-0.2, 0) is 13.1 Å². The fourth-order valence-electron chi connectivity index (χ4n) is 1.78. The number of hydrogen-bond acceptors (Lipinski definition) is 5. The number of alkyl halides is 2. The summed E-state index contributed by atoms with van der Waals surface area (Å²) in [6, 6.07) is 4.31. The molecule has 0 aliphatic carbocycles. The molecular formula is C14H11Br3ClF3N6O. The Hall–Kier alpha value is -1.18. The number of halogens is 7. The molecule has 0 saturated carbocycles. The van der Waals surface area contributed by atoms with Gasteiger partial charge in [0.25, 0.3) is 0 Å². The Labute approximate surface area is 187 Å². The van der Waals surface area contributed by atoms with Crippen molar-refractivity contribution in [3.05, 3.63) is 43.2 Å². The molecule has 0 unspecified atom stereocenters. The summed E-state index contributed by atoms with van der Waals surface area (Å²) >= 11 is 14.8. The van der Waals surface area contributed by atoms with Crippen LogP contribution in [0.15, 0.2) is 32.4 Å². The van der Waals surface area contributed by atoms with Crippen LogP contribution in [0.25, 0.3) is 0 Å². The summed E-state index contributed by atoms with van der Waals surface area (Å²) in [7, 11) is 0. The highest BCUT2D eigenvalue weighted by molar-refractivity contribution is 9.11. The lowest BCUT2D eigenvalue weighted by atomic mass is 10.3. The van der Waals surface area contributed by atoms with Crippen LogP contribution in [0.2, 0.25) is 5.02 Å². The van der Waals surface area contributed by atoms with Crippen molar-refractivity contribution in [1.29, 1.82) is 0 Å². The maximum absolute atomic E-state index is 13.6. The average molecular weight is 611 g/mol. The lowest BCUT2D eigenvalue weighted by Crippen LogP contribution is -2.04. The Morgan fingerprint density at radius 2 is 1.57 bits per heavy atom. The topological polar surface area (TPSA) is 70.7 Å². The maximum atomic E-state index is 13.6. The Bertz CT molecular complexity index is 926. The summed E-state index contributed by atoms with van der Waals surface area (Å²) in [5, 5.41) is 7.62. The lowest BCUT2D eigenvalue weighted by Gasteiger charge is -2.06. The molecule has 0 bridgehead atoms. The minimum Gasteiger partial charge on any atom is -0.421 e. The molecule has 152 valence electrons. The largest absolute Gasteiger partial charge is 0.421 e. The molecule has 0 aliphatic rings. The van der Waals surface area contributed by atoms with Gasteiger partial charge in [-0.25, -0.2) is 22.5 Å². The number of hydrogen-bond donors (Lipinski definition) is 0. The van der Waals surface area contributed by atoms with Gasteiger partial charge in [0, 0.05) is 0 Å². The van der Waals surface area contributed by atoms with Crippen molar-refractivity contribution in [3.8, 4) is 11.8 Å². The highest BCUT2D eigenvalue weighted by Crippen LogP contribution is 2.28. The van der Waals surface area contributed by atoms with Crippen molar-refractivity contribution < 1.29 is 17.9 Å². The normalized spacial score (nSPS) is 10.5. The van der Waals surface area contributed by atoms with Gasteiger partial charge in [0.05, 0.1) is 18.1 Å². The van der Waals surface area contributed by atoms with E-state index in [1.807, 2.05) is 0 Å². The van der Waals surface area contributed by atoms with E-state index in [0.717, 1.165) is 0 Å². The number of aryl methyl sites for hydroxylation is 2. The van der Waals surface area contributed by atoms with Crippen LogP contribution in [0.5, 0.6) is 11.8 Å². The number of rotatable bonds is 6. The first-order valence-corrected chi connectivity index (χ1v) is 10.2. The van der Waals surface area contributed by atoms with Crippen LogP contribution in [-0.4, -0.2) is 42.9 Å². The van der Waals surface area contributed by atoms with E-state index in [-0.39, 0.29) is 34.6 Å². The summed E-state index contributed by atoms with van der Waals surface area (Å²) in [5.74, 6) is -0.799. The molecule has 0 radical (unpaired) electrons. The molecule has 0 atom stereocenters. The molecule has 0 saturated heterocycles. The molecule has 0 N–H and O–H groups in total. The molecule has 1 aromatic carbocycles. The van der Waals surface area contributed by atoms with Gasteiger partial charge in [-0.1, -0.05) is 17.7 Å². The van der Waals surface area contributed by atoms with Crippen molar-refractivity contribution in [2.45, 2.75) is 13.1 Å². The van der Waals surface area contributed by atoms with Gasteiger partial charge in [-0.3, -0.25) is 0 Å². The standard InChI is InChI=1S/C10H7BrClF2N3O.C4H4Br2FN3/c11-9-15-10(17(16-9)5-4-13)18-7-3-1-2-6(12)8(7)14;5-3-8-4(6)10(9-3)2-1-7/h1-3H,4-5H2;1-2H2. The molecule has 0 spiro atoms. The molecule has 2 aromatic heterocycles. The first kappa shape index (κ1) is 23.1. The molecule has 0 amide bonds. The number of benzene rings is 1. The molecule has 14 heteroatoms. The summed E-state index contributed by atoms with van der Waals surface area (Å²) in [6.45, 7) is -0.867. The highest BCUT2D eigenvalue weighted by atomic mass is 79.9. The quantitative estimate of drug-likeness (QED) is 0.375. The number of nitrogens with zero attached hydrogens (tertiary/aromatic N) is 6. The van der Waals surface area contributed by atoms with E-state index >= 15 is 0 Å². The van der Waals surface area contributed by atoms with E-state index in [1.165, 1.54) is 27.6 Å². The zero-order valence-electron chi connectivity index (χ0n) is 13.8. The predicted octanol–water partition coefficient (Wildman–Crippen LogP) is 5.37. The number of ether oxygens (including phenoxy) is 1. The van der Waals surface area contributed by atoms with Crippen LogP contribution in [0, 0.1) is 5.82 Å². The second kappa shape index (κ2) is 11.1. The van der Waals surface area contributed by atoms with E-state index in [2.05, 4.69) is 68.0 Å². The molecule has 28 heavy (non-hydrogen) atoms. The van der Waals surface area contributed by atoms with Crippen molar-refractivity contribution >= 4 is 59.4 Å². The second-order valence-corrected chi connectivity index (χ2v) is 7.33. The van der Waals surface area contributed by atoms with Gasteiger partial charge in [0.15, 0.2) is 16.3 Å². The summed E-state index contributed by atoms with van der Waals surface area (Å²) in [4.78, 5) is 7.71. The molecule has 0 aliphatic heterocycles. The van der Waals surface area contributed by atoms with E-state index in [0.29, 0.717) is 9.47 Å². The van der Waals surface area contributed by atoms with Gasteiger partial charge in [-0.05, 0) is 59.9 Å². The second-order valence-electron chi connectivity index (χ2n) is 4.79. The molecular weight excluding hydrogens is 600 g/mol. The SMILES string of the molecule is FCCn1nc(Br)nc1Br.FCCn1nc(Br)nc1Oc1cccc(Cl)c1F. The van der Waals surface area contributed by atoms with Crippen LogP contribution >= 0.6 is 59.4 Å². The first-order chi connectivity index (χ1) is 13.3. The fourth-order valence-corrected chi connectivity index (χ4v) is 3.31. The zero-order chi connectivity index (χ0) is 20.7. The predicted molar refractivity (Wildman–Crippen MR) is 107 cm³/mol. The summed E-state index contributed by atoms with van der Waals surface area (Å²) in [5.41, 5.74) is 0. The molecule has 0 fully saturated rings. The summed E-state index contributed by atoms with van der Waals surface area (Å²) in [6.07, 6.45) is 0. The van der Waals surface area contributed by atoms with Crippen LogP contribution in [0.4, 0.5) is 13.2 Å². The Morgan fingerprint density at radius 1 is 0.964 bits per heavy atom. The minimum atomic E-state index is -0.704. The van der Waals surface area contributed by atoms with E-state index in [4.69, 9.17) is 16.3 Å². The smallest absolute Gasteiger partial charge is 0.321 e. The van der Waals surface area contributed by atoms with Crippen molar-refractivity contribution in [3.63, 3.8) is 0 Å². The summed E-state index contributed by atoms with van der Waals surface area (Å²) < 4.78 is 46.7. The van der Waals surface area contributed by atoms with Crippen molar-refractivity contribution in [2.24, 2.45) is 0 Å². The zero-order valence-corrected chi connectivity index (χ0v) is 19.3. The Morgan fingerprint density at radius 3 is 2.18 bits per heavy atom. The van der Waals surface area contributed by atoms with Crippen LogP contribution in [0.1, 0.15) is 0 Å². The average Bonchev–Trinajstić information content (AvgIpc) is 3.14. The third-order valence-corrected chi connectivity index (χ3v) is 4.47.